The summed E-state index contributed by atoms with van der Waals surface area (Å²) in [6, 6.07) is 14.7. The van der Waals surface area contributed by atoms with E-state index in [9.17, 15) is 0 Å². The minimum absolute atomic E-state index is 0.0630. The lowest BCUT2D eigenvalue weighted by atomic mass is 10.1. The van der Waals surface area contributed by atoms with Crippen LogP contribution < -0.4 is 21.7 Å². The molecule has 1 fully saturated rings. The summed E-state index contributed by atoms with van der Waals surface area (Å²) in [5.41, 5.74) is 13.1. The van der Waals surface area contributed by atoms with Crippen LogP contribution in [-0.4, -0.2) is 29.1 Å². The summed E-state index contributed by atoms with van der Waals surface area (Å²) >= 11 is 6.22. The number of benzene rings is 2. The van der Waals surface area contributed by atoms with Crippen molar-refractivity contribution >= 4 is 28.9 Å². The molecule has 0 spiro atoms. The SMILES string of the molecule is Nc1c(NCc2ccccc2Cl)nc(C(F)(F)c2ccccc2)nc1N1CCC(N)C1. The Hall–Kier alpha value is -2.97. The fraction of sp³-hybridized carbons (Fsp3) is 0.273. The maximum atomic E-state index is 15.3. The van der Waals surface area contributed by atoms with E-state index in [1.807, 2.05) is 23.1 Å². The summed E-state index contributed by atoms with van der Waals surface area (Å²) < 4.78 is 30.6. The number of hydrogen-bond acceptors (Lipinski definition) is 6. The smallest absolute Gasteiger partial charge is 0.331 e. The van der Waals surface area contributed by atoms with Crippen molar-refractivity contribution in [3.63, 3.8) is 0 Å². The van der Waals surface area contributed by atoms with Gasteiger partial charge in [-0.2, -0.15) is 8.78 Å². The quantitative estimate of drug-likeness (QED) is 0.532. The lowest BCUT2D eigenvalue weighted by Gasteiger charge is -2.24. The highest BCUT2D eigenvalue weighted by Crippen LogP contribution is 2.38. The standard InChI is InChI=1S/C22H23ClF2N6/c23-17-9-5-4-6-14(17)12-28-19-18(27)20(31-11-10-16(26)13-31)30-21(29-19)22(24,25)15-7-2-1-3-8-15/h1-9,16H,10-13,26-27H2,(H,28,29,30). The fourth-order valence-corrected chi connectivity index (χ4v) is 3.75. The first kappa shape index (κ1) is 21.3. The maximum Gasteiger partial charge on any atom is 0.331 e. The first-order chi connectivity index (χ1) is 14.9. The van der Waals surface area contributed by atoms with Gasteiger partial charge in [-0.15, -0.1) is 0 Å². The van der Waals surface area contributed by atoms with Crippen molar-refractivity contribution in [3.8, 4) is 0 Å². The van der Waals surface area contributed by atoms with Crippen molar-refractivity contribution in [2.45, 2.75) is 24.9 Å². The van der Waals surface area contributed by atoms with Gasteiger partial charge in [-0.05, 0) is 18.1 Å². The summed E-state index contributed by atoms with van der Waals surface area (Å²) in [5.74, 6) is -3.62. The molecule has 0 saturated carbocycles. The molecule has 0 aliphatic carbocycles. The van der Waals surface area contributed by atoms with Gasteiger partial charge in [0.05, 0.1) is 0 Å². The Labute approximate surface area is 184 Å². The van der Waals surface area contributed by atoms with Crippen molar-refractivity contribution in [2.24, 2.45) is 5.73 Å². The topological polar surface area (TPSA) is 93.1 Å². The van der Waals surface area contributed by atoms with E-state index in [1.54, 1.807) is 24.3 Å². The van der Waals surface area contributed by atoms with Gasteiger partial charge in [-0.1, -0.05) is 60.1 Å². The van der Waals surface area contributed by atoms with E-state index in [2.05, 4.69) is 15.3 Å². The van der Waals surface area contributed by atoms with Crippen molar-refractivity contribution in [3.05, 3.63) is 76.6 Å². The lowest BCUT2D eigenvalue weighted by molar-refractivity contribution is 0.0331. The molecule has 31 heavy (non-hydrogen) atoms. The van der Waals surface area contributed by atoms with Gasteiger partial charge in [0.2, 0.25) is 5.82 Å². The number of rotatable bonds is 6. The monoisotopic (exact) mass is 444 g/mol. The van der Waals surface area contributed by atoms with Crippen LogP contribution in [0.4, 0.5) is 26.1 Å². The van der Waals surface area contributed by atoms with Gasteiger partial charge in [-0.25, -0.2) is 9.97 Å². The van der Waals surface area contributed by atoms with Crippen LogP contribution in [0.3, 0.4) is 0 Å². The first-order valence-corrected chi connectivity index (χ1v) is 10.3. The van der Waals surface area contributed by atoms with Crippen molar-refractivity contribution in [2.75, 3.05) is 29.0 Å². The Morgan fingerprint density at radius 1 is 1.10 bits per heavy atom. The maximum absolute atomic E-state index is 15.3. The highest BCUT2D eigenvalue weighted by Gasteiger charge is 2.39. The van der Waals surface area contributed by atoms with E-state index in [0.29, 0.717) is 18.1 Å². The van der Waals surface area contributed by atoms with Gasteiger partial charge in [0, 0.05) is 36.3 Å². The zero-order chi connectivity index (χ0) is 22.0. The molecule has 1 aliphatic rings. The summed E-state index contributed by atoms with van der Waals surface area (Å²) in [6.45, 7) is 1.35. The van der Waals surface area contributed by atoms with Crippen LogP contribution in [0, 0.1) is 0 Å². The van der Waals surface area contributed by atoms with Gasteiger partial charge in [0.1, 0.15) is 5.69 Å². The number of halogens is 3. The Morgan fingerprint density at radius 3 is 2.48 bits per heavy atom. The second-order valence-corrected chi connectivity index (χ2v) is 7.92. The Balaban J connectivity index is 1.74. The number of nitrogens with one attached hydrogen (secondary N) is 1. The number of anilines is 3. The van der Waals surface area contributed by atoms with Gasteiger partial charge in [0.25, 0.3) is 0 Å². The summed E-state index contributed by atoms with van der Waals surface area (Å²) in [6.07, 6.45) is 0.732. The predicted octanol–water partition coefficient (Wildman–Crippen LogP) is 4.00. The minimum Gasteiger partial charge on any atom is -0.393 e. The molecule has 3 aromatic rings. The molecule has 6 nitrogen and oxygen atoms in total. The third kappa shape index (κ3) is 4.40. The van der Waals surface area contributed by atoms with Gasteiger partial charge in [0.15, 0.2) is 11.6 Å². The molecule has 1 saturated heterocycles. The molecule has 4 rings (SSSR count). The summed E-state index contributed by atoms with van der Waals surface area (Å²) in [7, 11) is 0. The number of hydrogen-bond donors (Lipinski definition) is 3. The van der Waals surface area contributed by atoms with E-state index >= 15 is 8.78 Å². The third-order valence-corrected chi connectivity index (χ3v) is 5.64. The van der Waals surface area contributed by atoms with Crippen molar-refractivity contribution < 1.29 is 8.78 Å². The zero-order valence-electron chi connectivity index (χ0n) is 16.7. The zero-order valence-corrected chi connectivity index (χ0v) is 17.5. The number of nitrogen functional groups attached to an aromatic ring is 1. The largest absolute Gasteiger partial charge is 0.393 e. The van der Waals surface area contributed by atoms with E-state index in [1.165, 1.54) is 12.1 Å². The molecule has 0 amide bonds. The summed E-state index contributed by atoms with van der Waals surface area (Å²) in [4.78, 5) is 10.1. The molecule has 2 aromatic carbocycles. The molecule has 9 heteroatoms. The minimum atomic E-state index is -3.40. The number of aromatic nitrogens is 2. The van der Waals surface area contributed by atoms with Crippen molar-refractivity contribution in [1.82, 2.24) is 9.97 Å². The van der Waals surface area contributed by atoms with E-state index in [4.69, 9.17) is 23.1 Å². The highest BCUT2D eigenvalue weighted by atomic mass is 35.5. The van der Waals surface area contributed by atoms with Crippen molar-refractivity contribution in [1.29, 1.82) is 0 Å². The van der Waals surface area contributed by atoms with Crippen LogP contribution >= 0.6 is 11.6 Å². The van der Waals surface area contributed by atoms with Crippen LogP contribution in [0.5, 0.6) is 0 Å². The first-order valence-electron chi connectivity index (χ1n) is 9.95. The molecule has 0 radical (unpaired) electrons. The normalized spacial score (nSPS) is 16.5. The molecule has 1 unspecified atom stereocenters. The Morgan fingerprint density at radius 2 is 1.81 bits per heavy atom. The van der Waals surface area contributed by atoms with Crippen LogP contribution in [0.15, 0.2) is 54.6 Å². The second-order valence-electron chi connectivity index (χ2n) is 7.51. The van der Waals surface area contributed by atoms with Crippen LogP contribution in [0.2, 0.25) is 5.02 Å². The molecular weight excluding hydrogens is 422 g/mol. The Kier molecular flexibility index (Phi) is 5.93. The predicted molar refractivity (Wildman–Crippen MR) is 119 cm³/mol. The Bertz CT molecular complexity index is 1060. The highest BCUT2D eigenvalue weighted by molar-refractivity contribution is 6.31. The lowest BCUT2D eigenvalue weighted by Crippen LogP contribution is -2.29. The average Bonchev–Trinajstić information content (AvgIpc) is 3.20. The van der Waals surface area contributed by atoms with Crippen LogP contribution in [0.1, 0.15) is 23.4 Å². The molecule has 162 valence electrons. The van der Waals surface area contributed by atoms with Gasteiger partial charge >= 0.3 is 5.92 Å². The van der Waals surface area contributed by atoms with E-state index in [-0.39, 0.29) is 35.5 Å². The molecule has 5 N–H and O–H groups in total. The number of nitrogens with two attached hydrogens (primary N) is 2. The average molecular weight is 445 g/mol. The molecule has 1 atom stereocenters. The van der Waals surface area contributed by atoms with Gasteiger partial charge in [-0.3, -0.25) is 0 Å². The van der Waals surface area contributed by atoms with Gasteiger partial charge < -0.3 is 21.7 Å². The fourth-order valence-electron chi connectivity index (χ4n) is 3.55. The molecule has 1 aliphatic heterocycles. The number of alkyl halides is 2. The molecule has 2 heterocycles. The third-order valence-electron chi connectivity index (χ3n) is 5.27. The van der Waals surface area contributed by atoms with Crippen LogP contribution in [0.25, 0.3) is 0 Å². The summed E-state index contributed by atoms with van der Waals surface area (Å²) in [5, 5.41) is 3.62. The molecule has 1 aromatic heterocycles. The van der Waals surface area contributed by atoms with Crippen LogP contribution in [-0.2, 0) is 12.5 Å². The molecule has 0 bridgehead atoms. The molecular formula is C22H23ClF2N6. The number of nitrogens with zero attached hydrogens (tertiary/aromatic N) is 3. The van der Waals surface area contributed by atoms with E-state index in [0.717, 1.165) is 12.0 Å². The second kappa shape index (κ2) is 8.64. The van der Waals surface area contributed by atoms with E-state index < -0.39 is 11.7 Å².